The van der Waals surface area contributed by atoms with Crippen molar-refractivity contribution in [2.45, 2.75) is 26.2 Å². The smallest absolute Gasteiger partial charge is 0.207 e. The third kappa shape index (κ3) is 3.76. The molecule has 0 radical (unpaired) electrons. The quantitative estimate of drug-likeness (QED) is 0.320. The largest absolute Gasteiger partial charge is 0.494 e. The number of hydrogen-bond acceptors (Lipinski definition) is 3. The highest BCUT2D eigenvalue weighted by molar-refractivity contribution is 6.35. The number of halogens is 1. The average molecular weight is 399 g/mol. The number of aromatic nitrogens is 1. The van der Waals surface area contributed by atoms with E-state index < -0.39 is 0 Å². The van der Waals surface area contributed by atoms with Crippen LogP contribution in [0.2, 0.25) is 5.02 Å². The molecule has 1 amide bonds. The van der Waals surface area contributed by atoms with Gasteiger partial charge in [-0.25, -0.2) is 0 Å². The van der Waals surface area contributed by atoms with Gasteiger partial charge in [-0.3, -0.25) is 9.59 Å². The van der Waals surface area contributed by atoms with E-state index >= 15 is 0 Å². The Labute approximate surface area is 169 Å². The molecule has 0 bridgehead atoms. The van der Waals surface area contributed by atoms with Crippen molar-refractivity contribution in [2.24, 2.45) is 0 Å². The number of carbonyl (C=O) groups is 2. The summed E-state index contributed by atoms with van der Waals surface area (Å²) in [5.74, 6) is 0.228. The van der Waals surface area contributed by atoms with Crippen LogP contribution in [0, 0.1) is 0 Å². The number of hydrogen-bond donors (Lipinski definition) is 2. The van der Waals surface area contributed by atoms with Crippen molar-refractivity contribution in [3.8, 4) is 5.75 Å². The van der Waals surface area contributed by atoms with Gasteiger partial charge in [0.25, 0.3) is 0 Å². The first-order chi connectivity index (χ1) is 13.6. The number of aryl methyl sites for hydroxylation is 1. The monoisotopic (exact) mass is 398 g/mol. The molecule has 2 N–H and O–H groups in total. The van der Waals surface area contributed by atoms with Crippen molar-refractivity contribution in [1.29, 1.82) is 0 Å². The number of ether oxygens (including phenoxy) is 1. The first kappa shape index (κ1) is 20.0. The lowest BCUT2D eigenvalue weighted by atomic mass is 9.94. The number of ketones is 1. The molecule has 0 atom stereocenters. The Morgan fingerprint density at radius 1 is 1.25 bits per heavy atom. The standard InChI is InChI=1S/C22H23ClN2O3/c1-3-7-17-15(10-11-24-13-26)19-18(25-17)12-16(23)22(28-2)20(19)21(27)14-8-5-4-6-9-14/h4-6,8-9,12-13,25H,3,7,10-11H2,1-2H3,(H,24,26). The Morgan fingerprint density at radius 2 is 2.00 bits per heavy atom. The Bertz CT molecular complexity index is 996. The molecular formula is C22H23ClN2O3. The molecule has 0 unspecified atom stereocenters. The van der Waals surface area contributed by atoms with E-state index in [4.69, 9.17) is 16.3 Å². The fourth-order valence-corrected chi connectivity index (χ4v) is 3.86. The van der Waals surface area contributed by atoms with Gasteiger partial charge in [0.1, 0.15) is 5.75 Å². The molecule has 6 heteroatoms. The minimum atomic E-state index is -0.142. The van der Waals surface area contributed by atoms with Crippen LogP contribution in [0.25, 0.3) is 10.9 Å². The summed E-state index contributed by atoms with van der Waals surface area (Å²) in [6.07, 6.45) is 3.08. The van der Waals surface area contributed by atoms with Gasteiger partial charge < -0.3 is 15.0 Å². The zero-order valence-corrected chi connectivity index (χ0v) is 16.7. The lowest BCUT2D eigenvalue weighted by Crippen LogP contribution is -2.15. The van der Waals surface area contributed by atoms with Gasteiger partial charge in [-0.1, -0.05) is 55.3 Å². The van der Waals surface area contributed by atoms with Gasteiger partial charge in [-0.05, 0) is 24.5 Å². The molecule has 1 aromatic heterocycles. The summed E-state index contributed by atoms with van der Waals surface area (Å²) in [7, 11) is 1.52. The summed E-state index contributed by atoms with van der Waals surface area (Å²) in [6, 6.07) is 10.9. The van der Waals surface area contributed by atoms with Crippen LogP contribution in [0.1, 0.15) is 40.5 Å². The van der Waals surface area contributed by atoms with E-state index in [9.17, 15) is 9.59 Å². The SMILES string of the molecule is CCCc1[nH]c2cc(Cl)c(OC)c(C(=O)c3ccccc3)c2c1CCNC=O. The highest BCUT2D eigenvalue weighted by Gasteiger charge is 2.25. The van der Waals surface area contributed by atoms with E-state index in [0.29, 0.717) is 41.3 Å². The van der Waals surface area contributed by atoms with Crippen molar-refractivity contribution in [3.63, 3.8) is 0 Å². The second kappa shape index (κ2) is 8.93. The minimum absolute atomic E-state index is 0.142. The molecule has 0 saturated carbocycles. The van der Waals surface area contributed by atoms with Gasteiger partial charge in [0.05, 0.1) is 17.7 Å². The molecule has 0 aliphatic heterocycles. The van der Waals surface area contributed by atoms with Crippen molar-refractivity contribution < 1.29 is 14.3 Å². The summed E-state index contributed by atoms with van der Waals surface area (Å²) in [6.45, 7) is 2.58. The van der Waals surface area contributed by atoms with E-state index in [1.165, 1.54) is 7.11 Å². The van der Waals surface area contributed by atoms with Crippen LogP contribution < -0.4 is 10.1 Å². The fraction of sp³-hybridized carbons (Fsp3) is 0.273. The average Bonchev–Trinajstić information content (AvgIpc) is 3.04. The molecule has 0 aliphatic carbocycles. The van der Waals surface area contributed by atoms with Crippen LogP contribution in [0.15, 0.2) is 36.4 Å². The number of amides is 1. The van der Waals surface area contributed by atoms with Crippen LogP contribution in [0.4, 0.5) is 0 Å². The Kier molecular flexibility index (Phi) is 6.37. The Hall–Kier alpha value is -2.79. The van der Waals surface area contributed by atoms with Gasteiger partial charge >= 0.3 is 0 Å². The number of nitrogens with one attached hydrogen (secondary N) is 2. The molecule has 3 aromatic rings. The highest BCUT2D eigenvalue weighted by atomic mass is 35.5. The van der Waals surface area contributed by atoms with Crippen LogP contribution in [-0.2, 0) is 17.6 Å². The lowest BCUT2D eigenvalue weighted by molar-refractivity contribution is -0.109. The highest BCUT2D eigenvalue weighted by Crippen LogP contribution is 2.39. The van der Waals surface area contributed by atoms with Crippen LogP contribution in [0.3, 0.4) is 0 Å². The van der Waals surface area contributed by atoms with E-state index in [1.807, 2.05) is 18.2 Å². The van der Waals surface area contributed by atoms with Crippen LogP contribution in [-0.4, -0.2) is 30.8 Å². The maximum atomic E-state index is 13.4. The van der Waals surface area contributed by atoms with E-state index in [0.717, 1.165) is 35.0 Å². The van der Waals surface area contributed by atoms with Gasteiger partial charge in [0, 0.05) is 28.7 Å². The molecule has 0 spiro atoms. The van der Waals surface area contributed by atoms with Gasteiger partial charge in [0.15, 0.2) is 5.78 Å². The number of rotatable bonds is 9. The van der Waals surface area contributed by atoms with Gasteiger partial charge in [-0.2, -0.15) is 0 Å². The predicted octanol–water partition coefficient (Wildman–Crippen LogP) is 4.30. The first-order valence-corrected chi connectivity index (χ1v) is 9.66. The first-order valence-electron chi connectivity index (χ1n) is 9.29. The minimum Gasteiger partial charge on any atom is -0.494 e. The van der Waals surface area contributed by atoms with Crippen molar-refractivity contribution in [1.82, 2.24) is 10.3 Å². The number of benzene rings is 2. The maximum Gasteiger partial charge on any atom is 0.207 e. The van der Waals surface area contributed by atoms with Crippen LogP contribution >= 0.6 is 11.6 Å². The van der Waals surface area contributed by atoms with E-state index in [2.05, 4.69) is 17.2 Å². The Balaban J connectivity index is 2.29. The summed E-state index contributed by atoms with van der Waals surface area (Å²) < 4.78 is 5.54. The summed E-state index contributed by atoms with van der Waals surface area (Å²) >= 11 is 6.45. The third-order valence-corrected chi connectivity index (χ3v) is 5.04. The number of H-pyrrole nitrogens is 1. The predicted molar refractivity (Wildman–Crippen MR) is 112 cm³/mol. The summed E-state index contributed by atoms with van der Waals surface area (Å²) in [5, 5.41) is 3.90. The number of carbonyl (C=O) groups excluding carboxylic acids is 2. The second-order valence-electron chi connectivity index (χ2n) is 6.54. The topological polar surface area (TPSA) is 71.2 Å². The number of aromatic amines is 1. The zero-order valence-electron chi connectivity index (χ0n) is 16.0. The lowest BCUT2D eigenvalue weighted by Gasteiger charge is -2.13. The number of methoxy groups -OCH3 is 1. The molecule has 0 aliphatic rings. The second-order valence-corrected chi connectivity index (χ2v) is 6.95. The van der Waals surface area contributed by atoms with Crippen LogP contribution in [0.5, 0.6) is 5.75 Å². The van der Waals surface area contributed by atoms with Crippen molar-refractivity contribution >= 4 is 34.7 Å². The molecular weight excluding hydrogens is 376 g/mol. The summed E-state index contributed by atoms with van der Waals surface area (Å²) in [4.78, 5) is 27.5. The molecule has 5 nitrogen and oxygen atoms in total. The van der Waals surface area contributed by atoms with E-state index in [1.54, 1.807) is 18.2 Å². The maximum absolute atomic E-state index is 13.4. The molecule has 0 saturated heterocycles. The van der Waals surface area contributed by atoms with E-state index in [-0.39, 0.29) is 5.78 Å². The molecule has 146 valence electrons. The molecule has 28 heavy (non-hydrogen) atoms. The Morgan fingerprint density at radius 3 is 2.64 bits per heavy atom. The van der Waals surface area contributed by atoms with Crippen molar-refractivity contribution in [2.75, 3.05) is 13.7 Å². The molecule has 0 fully saturated rings. The van der Waals surface area contributed by atoms with Gasteiger partial charge in [-0.15, -0.1) is 0 Å². The van der Waals surface area contributed by atoms with Crippen molar-refractivity contribution in [3.05, 3.63) is 63.8 Å². The molecule has 3 rings (SSSR count). The summed E-state index contributed by atoms with van der Waals surface area (Å²) in [5.41, 5.74) is 3.89. The van der Waals surface area contributed by atoms with Gasteiger partial charge in [0.2, 0.25) is 6.41 Å². The normalized spacial score (nSPS) is 10.8. The molecule has 1 heterocycles. The number of fused-ring (bicyclic) bond motifs is 1. The fourth-order valence-electron chi connectivity index (χ4n) is 3.58. The third-order valence-electron chi connectivity index (χ3n) is 4.76. The molecule has 2 aromatic carbocycles. The zero-order chi connectivity index (χ0) is 20.1.